The molecular formula is C14H19ClO2. The third kappa shape index (κ3) is 3.01. The maximum Gasteiger partial charge on any atom is 0.164 e. The summed E-state index contributed by atoms with van der Waals surface area (Å²) in [4.78, 5) is 12.0. The van der Waals surface area contributed by atoms with Gasteiger partial charge in [0.25, 0.3) is 0 Å². The average Bonchev–Trinajstić information content (AvgIpc) is 2.26. The normalized spacial score (nSPS) is 10.4. The van der Waals surface area contributed by atoms with E-state index in [9.17, 15) is 4.79 Å². The lowest BCUT2D eigenvalue weighted by atomic mass is 9.93. The number of ketones is 1. The van der Waals surface area contributed by atoms with Crippen molar-refractivity contribution in [3.8, 4) is 5.75 Å². The fraction of sp³-hybridized carbons (Fsp3) is 0.500. The highest BCUT2D eigenvalue weighted by molar-refractivity contribution is 6.19. The van der Waals surface area contributed by atoms with Gasteiger partial charge in [0, 0.05) is 17.9 Å². The van der Waals surface area contributed by atoms with E-state index in [-0.39, 0.29) is 5.78 Å². The Morgan fingerprint density at radius 2 is 1.94 bits per heavy atom. The van der Waals surface area contributed by atoms with Crippen molar-refractivity contribution in [1.82, 2.24) is 0 Å². The Bertz CT molecular complexity index is 425. The Balaban J connectivity index is 3.25. The lowest BCUT2D eigenvalue weighted by Crippen LogP contribution is -2.08. The number of aryl methyl sites for hydroxylation is 1. The van der Waals surface area contributed by atoms with E-state index >= 15 is 0 Å². The van der Waals surface area contributed by atoms with Gasteiger partial charge in [-0.2, -0.15) is 0 Å². The van der Waals surface area contributed by atoms with Gasteiger partial charge in [0.2, 0.25) is 0 Å². The van der Waals surface area contributed by atoms with Gasteiger partial charge in [0.1, 0.15) is 5.75 Å². The van der Waals surface area contributed by atoms with E-state index in [0.717, 1.165) is 28.0 Å². The third-order valence-electron chi connectivity index (χ3n) is 2.95. The van der Waals surface area contributed by atoms with Crippen molar-refractivity contribution < 1.29 is 9.53 Å². The molecule has 0 aliphatic heterocycles. The van der Waals surface area contributed by atoms with E-state index in [1.54, 1.807) is 0 Å². The summed E-state index contributed by atoms with van der Waals surface area (Å²) in [5.74, 6) is 1.34. The minimum Gasteiger partial charge on any atom is -0.494 e. The van der Waals surface area contributed by atoms with E-state index < -0.39 is 0 Å². The number of halogens is 1. The molecular weight excluding hydrogens is 236 g/mol. The van der Waals surface area contributed by atoms with Gasteiger partial charge in [-0.1, -0.05) is 0 Å². The number of benzene rings is 1. The maximum absolute atomic E-state index is 12.0. The van der Waals surface area contributed by atoms with Crippen molar-refractivity contribution >= 4 is 17.4 Å². The molecule has 1 aromatic carbocycles. The monoisotopic (exact) mass is 254 g/mol. The van der Waals surface area contributed by atoms with Crippen LogP contribution in [0.3, 0.4) is 0 Å². The van der Waals surface area contributed by atoms with E-state index in [4.69, 9.17) is 16.3 Å². The van der Waals surface area contributed by atoms with E-state index in [1.165, 1.54) is 0 Å². The van der Waals surface area contributed by atoms with Crippen molar-refractivity contribution in [1.29, 1.82) is 0 Å². The number of ether oxygens (including phenoxy) is 1. The SMILES string of the molecule is CCOc1cc(C)c(C(=O)CCCl)c(C)c1C. The largest absolute Gasteiger partial charge is 0.494 e. The van der Waals surface area contributed by atoms with Crippen LogP contribution in [0.4, 0.5) is 0 Å². The van der Waals surface area contributed by atoms with E-state index in [0.29, 0.717) is 18.9 Å². The van der Waals surface area contributed by atoms with Crippen LogP contribution in [0.2, 0.25) is 0 Å². The number of rotatable bonds is 5. The van der Waals surface area contributed by atoms with Crippen LogP contribution in [0.25, 0.3) is 0 Å². The first-order valence-electron chi connectivity index (χ1n) is 5.85. The maximum atomic E-state index is 12.0. The predicted octanol–water partition coefficient (Wildman–Crippen LogP) is 3.82. The molecule has 0 saturated carbocycles. The highest BCUT2D eigenvalue weighted by atomic mass is 35.5. The molecule has 0 bridgehead atoms. The Morgan fingerprint density at radius 3 is 2.47 bits per heavy atom. The van der Waals surface area contributed by atoms with Crippen molar-refractivity contribution in [3.05, 3.63) is 28.3 Å². The Hall–Kier alpha value is -1.02. The van der Waals surface area contributed by atoms with Crippen molar-refractivity contribution in [2.45, 2.75) is 34.1 Å². The first kappa shape index (κ1) is 14.0. The number of carbonyl (C=O) groups is 1. The molecule has 0 unspecified atom stereocenters. The molecule has 0 amide bonds. The summed E-state index contributed by atoms with van der Waals surface area (Å²) in [5, 5.41) is 0. The smallest absolute Gasteiger partial charge is 0.164 e. The summed E-state index contributed by atoms with van der Waals surface area (Å²) >= 11 is 5.63. The van der Waals surface area contributed by atoms with Gasteiger partial charge in [-0.25, -0.2) is 0 Å². The van der Waals surface area contributed by atoms with Gasteiger partial charge in [-0.3, -0.25) is 4.79 Å². The first-order valence-corrected chi connectivity index (χ1v) is 6.39. The zero-order valence-corrected chi connectivity index (χ0v) is 11.6. The molecule has 2 nitrogen and oxygen atoms in total. The lowest BCUT2D eigenvalue weighted by Gasteiger charge is -2.15. The number of alkyl halides is 1. The van der Waals surface area contributed by atoms with Gasteiger partial charge >= 0.3 is 0 Å². The molecule has 0 saturated heterocycles. The Kier molecular flexibility index (Phi) is 5.01. The summed E-state index contributed by atoms with van der Waals surface area (Å²) in [6.45, 7) is 8.48. The molecule has 0 N–H and O–H groups in total. The first-order chi connectivity index (χ1) is 8.02. The number of carbonyl (C=O) groups excluding carboxylic acids is 1. The molecule has 0 radical (unpaired) electrons. The molecule has 0 atom stereocenters. The summed E-state index contributed by atoms with van der Waals surface area (Å²) in [6, 6.07) is 1.94. The van der Waals surface area contributed by atoms with Crippen LogP contribution in [0.5, 0.6) is 5.75 Å². The average molecular weight is 255 g/mol. The van der Waals surface area contributed by atoms with Crippen LogP contribution in [0.15, 0.2) is 6.07 Å². The second-order valence-corrected chi connectivity index (χ2v) is 4.49. The number of hydrogen-bond acceptors (Lipinski definition) is 2. The highest BCUT2D eigenvalue weighted by Crippen LogP contribution is 2.28. The van der Waals surface area contributed by atoms with Gasteiger partial charge in [0.05, 0.1) is 6.61 Å². The van der Waals surface area contributed by atoms with Crippen LogP contribution in [-0.4, -0.2) is 18.3 Å². The zero-order valence-electron chi connectivity index (χ0n) is 10.9. The Labute approximate surface area is 108 Å². The molecule has 3 heteroatoms. The summed E-state index contributed by atoms with van der Waals surface area (Å²) in [5.41, 5.74) is 3.80. The fourth-order valence-corrected chi connectivity index (χ4v) is 2.16. The van der Waals surface area contributed by atoms with E-state index in [1.807, 2.05) is 33.8 Å². The van der Waals surface area contributed by atoms with Crippen LogP contribution in [-0.2, 0) is 0 Å². The second-order valence-electron chi connectivity index (χ2n) is 4.11. The second kappa shape index (κ2) is 6.06. The molecule has 1 rings (SSSR count). The standard InChI is InChI=1S/C14H19ClO2/c1-5-17-13-8-9(2)14(11(4)10(13)3)12(16)6-7-15/h8H,5-7H2,1-4H3. The molecule has 94 valence electrons. The van der Waals surface area contributed by atoms with Gasteiger partial charge in [0.15, 0.2) is 5.78 Å². The quantitative estimate of drug-likeness (QED) is 0.590. The van der Waals surface area contributed by atoms with Crippen LogP contribution in [0, 0.1) is 20.8 Å². The molecule has 0 heterocycles. The molecule has 0 aromatic heterocycles. The fourth-order valence-electron chi connectivity index (χ4n) is 1.99. The summed E-state index contributed by atoms with van der Waals surface area (Å²) < 4.78 is 5.56. The predicted molar refractivity (Wildman–Crippen MR) is 71.5 cm³/mol. The molecule has 0 spiro atoms. The topological polar surface area (TPSA) is 26.3 Å². The molecule has 0 aliphatic carbocycles. The minimum absolute atomic E-state index is 0.112. The summed E-state index contributed by atoms with van der Waals surface area (Å²) in [7, 11) is 0. The zero-order chi connectivity index (χ0) is 13.0. The Morgan fingerprint density at radius 1 is 1.29 bits per heavy atom. The van der Waals surface area contributed by atoms with Crippen LogP contribution < -0.4 is 4.74 Å². The highest BCUT2D eigenvalue weighted by Gasteiger charge is 2.16. The van der Waals surface area contributed by atoms with Gasteiger partial charge in [-0.05, 0) is 50.5 Å². The van der Waals surface area contributed by atoms with Crippen LogP contribution in [0.1, 0.15) is 40.4 Å². The molecule has 0 fully saturated rings. The third-order valence-corrected chi connectivity index (χ3v) is 3.14. The van der Waals surface area contributed by atoms with Crippen molar-refractivity contribution in [2.24, 2.45) is 0 Å². The summed E-state index contributed by atoms with van der Waals surface area (Å²) in [6.07, 6.45) is 0.386. The lowest BCUT2D eigenvalue weighted by molar-refractivity contribution is 0.0988. The molecule has 17 heavy (non-hydrogen) atoms. The number of hydrogen-bond donors (Lipinski definition) is 0. The van der Waals surface area contributed by atoms with Crippen molar-refractivity contribution in [3.63, 3.8) is 0 Å². The van der Waals surface area contributed by atoms with Gasteiger partial charge in [-0.15, -0.1) is 11.6 Å². The van der Waals surface area contributed by atoms with Crippen molar-refractivity contribution in [2.75, 3.05) is 12.5 Å². The van der Waals surface area contributed by atoms with E-state index in [2.05, 4.69) is 0 Å². The van der Waals surface area contributed by atoms with Crippen LogP contribution >= 0.6 is 11.6 Å². The molecule has 1 aromatic rings. The van der Waals surface area contributed by atoms with Gasteiger partial charge < -0.3 is 4.74 Å². The number of Topliss-reactive ketones (excluding diaryl/α,β-unsaturated/α-hetero) is 1. The minimum atomic E-state index is 0.112. The molecule has 0 aliphatic rings.